The summed E-state index contributed by atoms with van der Waals surface area (Å²) in [5.41, 5.74) is 12.3. The van der Waals surface area contributed by atoms with Gasteiger partial charge in [0, 0.05) is 6.42 Å². The highest BCUT2D eigenvalue weighted by molar-refractivity contribution is 5.93. The number of nitrogens with two attached hydrogens (primary N) is 2. The van der Waals surface area contributed by atoms with Crippen LogP contribution in [0.5, 0.6) is 5.75 Å². The molecule has 2 aromatic rings. The van der Waals surface area contributed by atoms with E-state index in [9.17, 15) is 4.79 Å². The average Bonchev–Trinajstić information content (AvgIpc) is 2.62. The van der Waals surface area contributed by atoms with E-state index in [-0.39, 0.29) is 11.7 Å². The molecule has 26 heavy (non-hydrogen) atoms. The molecule has 136 valence electrons. The van der Waals surface area contributed by atoms with Crippen molar-refractivity contribution in [2.45, 2.75) is 26.3 Å². The van der Waals surface area contributed by atoms with Gasteiger partial charge < -0.3 is 21.5 Å². The van der Waals surface area contributed by atoms with Gasteiger partial charge >= 0.3 is 0 Å². The second-order valence-electron chi connectivity index (χ2n) is 5.54. The number of allylic oxidation sites excluding steroid dienone is 1. The van der Waals surface area contributed by atoms with E-state index in [1.807, 2.05) is 19.1 Å². The molecule has 1 amide bonds. The van der Waals surface area contributed by atoms with Crippen LogP contribution in [-0.2, 0) is 4.79 Å². The van der Waals surface area contributed by atoms with E-state index in [1.54, 1.807) is 31.2 Å². The van der Waals surface area contributed by atoms with Crippen molar-refractivity contribution in [2.24, 2.45) is 16.0 Å². The lowest BCUT2D eigenvalue weighted by Gasteiger charge is -2.09. The van der Waals surface area contributed by atoms with Crippen LogP contribution in [0.15, 0.2) is 59.0 Å². The molecule has 1 aromatic heterocycles. The van der Waals surface area contributed by atoms with Crippen LogP contribution in [0.2, 0.25) is 0 Å². The van der Waals surface area contributed by atoms with Crippen LogP contribution in [0, 0.1) is 0 Å². The number of nitrogens with zero attached hydrogens (tertiary/aromatic N) is 3. The van der Waals surface area contributed by atoms with Gasteiger partial charge in [-0.05, 0) is 31.2 Å². The monoisotopic (exact) mass is 354 g/mol. The van der Waals surface area contributed by atoms with Gasteiger partial charge in [0.2, 0.25) is 5.91 Å². The van der Waals surface area contributed by atoms with Crippen molar-refractivity contribution in [3.05, 3.63) is 48.7 Å². The molecule has 8 nitrogen and oxygen atoms in total. The minimum Gasteiger partial charge on any atom is -0.460 e. The zero-order valence-electron chi connectivity index (χ0n) is 14.8. The Bertz CT molecular complexity index is 832. The molecule has 0 fully saturated rings. The fraction of sp³-hybridized carbons (Fsp3) is 0.222. The Morgan fingerprint density at radius 3 is 2.62 bits per heavy atom. The van der Waals surface area contributed by atoms with E-state index in [4.69, 9.17) is 16.2 Å². The number of carbonyl (C=O) groups excluding carboxylic acids is 1. The van der Waals surface area contributed by atoms with Crippen molar-refractivity contribution < 1.29 is 9.53 Å². The number of nitrogen functional groups attached to an aromatic ring is 1. The molecule has 0 aliphatic carbocycles. The number of ether oxygens (including phenoxy) is 1. The van der Waals surface area contributed by atoms with Gasteiger partial charge in [-0.1, -0.05) is 25.6 Å². The Hall–Kier alpha value is -3.26. The normalized spacial score (nSPS) is 12.0. The summed E-state index contributed by atoms with van der Waals surface area (Å²) in [6, 6.07) is 9.75. The third-order valence-electron chi connectivity index (χ3n) is 3.35. The van der Waals surface area contributed by atoms with Crippen LogP contribution < -0.4 is 21.5 Å². The third-order valence-corrected chi connectivity index (χ3v) is 3.35. The molecule has 0 bridgehead atoms. The van der Waals surface area contributed by atoms with Gasteiger partial charge in [0.15, 0.2) is 11.6 Å². The number of nitrogens with one attached hydrogen (secondary N) is 1. The van der Waals surface area contributed by atoms with Crippen molar-refractivity contribution in [1.29, 1.82) is 0 Å². The fourth-order valence-corrected chi connectivity index (χ4v) is 1.82. The van der Waals surface area contributed by atoms with Crippen molar-refractivity contribution in [3.63, 3.8) is 0 Å². The van der Waals surface area contributed by atoms with Crippen LogP contribution in [0.4, 0.5) is 23.0 Å². The number of rotatable bonds is 7. The molecule has 0 saturated heterocycles. The summed E-state index contributed by atoms with van der Waals surface area (Å²) in [6.07, 6.45) is 0.691. The Labute approximate surface area is 152 Å². The summed E-state index contributed by atoms with van der Waals surface area (Å²) in [4.78, 5) is 15.7. The molecule has 0 spiro atoms. The maximum Gasteiger partial charge on any atom is 0.242 e. The van der Waals surface area contributed by atoms with Crippen molar-refractivity contribution in [3.8, 4) is 5.75 Å². The summed E-state index contributed by atoms with van der Waals surface area (Å²) < 4.78 is 5.64. The second kappa shape index (κ2) is 8.72. The fourth-order valence-electron chi connectivity index (χ4n) is 1.82. The smallest absolute Gasteiger partial charge is 0.242 e. The van der Waals surface area contributed by atoms with E-state index in [0.717, 1.165) is 0 Å². The van der Waals surface area contributed by atoms with E-state index in [1.165, 1.54) is 0 Å². The molecule has 0 aliphatic heterocycles. The third kappa shape index (κ3) is 5.12. The number of anilines is 2. The van der Waals surface area contributed by atoms with E-state index in [0.29, 0.717) is 35.1 Å². The zero-order chi connectivity index (χ0) is 19.1. The Morgan fingerprint density at radius 1 is 1.27 bits per heavy atom. The second-order valence-corrected chi connectivity index (χ2v) is 5.54. The lowest BCUT2D eigenvalue weighted by molar-refractivity contribution is -0.117. The largest absolute Gasteiger partial charge is 0.460 e. The van der Waals surface area contributed by atoms with Gasteiger partial charge in [-0.15, -0.1) is 10.2 Å². The van der Waals surface area contributed by atoms with Gasteiger partial charge in [0.05, 0.1) is 11.8 Å². The van der Waals surface area contributed by atoms with E-state index >= 15 is 0 Å². The van der Waals surface area contributed by atoms with E-state index < -0.39 is 6.04 Å². The zero-order valence-corrected chi connectivity index (χ0v) is 14.8. The van der Waals surface area contributed by atoms with Gasteiger partial charge in [0.1, 0.15) is 17.2 Å². The summed E-state index contributed by atoms with van der Waals surface area (Å²) in [5, 5.41) is 10.9. The number of benzene rings is 1. The summed E-state index contributed by atoms with van der Waals surface area (Å²) >= 11 is 0. The Balaban J connectivity index is 2.18. The summed E-state index contributed by atoms with van der Waals surface area (Å²) in [5.74, 6) is 1.26. The van der Waals surface area contributed by atoms with Gasteiger partial charge in [-0.25, -0.2) is 4.98 Å². The molecule has 2 rings (SSSR count). The number of hydrogen-bond acceptors (Lipinski definition) is 7. The Kier molecular flexibility index (Phi) is 6.40. The maximum absolute atomic E-state index is 11.6. The minimum absolute atomic E-state index is 0.132. The average molecular weight is 354 g/mol. The maximum atomic E-state index is 11.6. The highest BCUT2D eigenvalue weighted by Gasteiger charge is 2.10. The molecule has 0 saturated carbocycles. The number of azo groups is 1. The Morgan fingerprint density at radius 2 is 1.96 bits per heavy atom. The van der Waals surface area contributed by atoms with Crippen LogP contribution in [0.3, 0.4) is 0 Å². The molecule has 8 heteroatoms. The highest BCUT2D eigenvalue weighted by atomic mass is 16.5. The minimum atomic E-state index is -0.647. The molecular weight excluding hydrogens is 332 g/mol. The summed E-state index contributed by atoms with van der Waals surface area (Å²) in [7, 11) is 0. The molecule has 5 N–H and O–H groups in total. The number of amides is 1. The van der Waals surface area contributed by atoms with Gasteiger partial charge in [-0.2, -0.15) is 0 Å². The lowest BCUT2D eigenvalue weighted by atomic mass is 10.3. The van der Waals surface area contributed by atoms with Gasteiger partial charge in [0.25, 0.3) is 0 Å². The van der Waals surface area contributed by atoms with Crippen LogP contribution in [0.25, 0.3) is 0 Å². The predicted octanol–water partition coefficient (Wildman–Crippen LogP) is 3.67. The first-order chi connectivity index (χ1) is 12.4. The molecular formula is C18H22N6O2. The van der Waals surface area contributed by atoms with Crippen LogP contribution in [-0.4, -0.2) is 16.9 Å². The summed E-state index contributed by atoms with van der Waals surface area (Å²) in [6.45, 7) is 7.35. The molecule has 0 unspecified atom stereocenters. The first-order valence-electron chi connectivity index (χ1n) is 8.10. The number of para-hydroxylation sites is 1. The van der Waals surface area contributed by atoms with Crippen molar-refractivity contribution in [1.82, 2.24) is 4.98 Å². The number of aromatic nitrogens is 1. The molecule has 1 aromatic carbocycles. The topological polar surface area (TPSA) is 128 Å². The number of pyridine rings is 1. The van der Waals surface area contributed by atoms with Crippen molar-refractivity contribution >= 4 is 28.9 Å². The lowest BCUT2D eigenvalue weighted by Crippen LogP contribution is -2.32. The van der Waals surface area contributed by atoms with Crippen LogP contribution in [0.1, 0.15) is 20.3 Å². The first-order valence-corrected chi connectivity index (χ1v) is 8.10. The van der Waals surface area contributed by atoms with Crippen molar-refractivity contribution in [2.75, 3.05) is 11.1 Å². The number of hydrogen-bond donors (Lipinski definition) is 3. The van der Waals surface area contributed by atoms with Crippen LogP contribution >= 0.6 is 0 Å². The highest BCUT2D eigenvalue weighted by Crippen LogP contribution is 2.31. The first kappa shape index (κ1) is 19.1. The number of carbonyl (C=O) groups is 1. The standard InChI is InChI=1S/C18H22N6O2/c1-4-11(2)26-15-8-6-5-7-13(15)23-24-14-9-10-16(21-17(14)20)22-18(25)12(3)19/h5-10,12H,2,4,19H2,1,3H3,(H3,20,21,22,25)/b24-23+/t12-/m0/s1. The predicted molar refractivity (Wildman–Crippen MR) is 102 cm³/mol. The quantitative estimate of drug-likeness (QED) is 0.516. The molecule has 1 atom stereocenters. The van der Waals surface area contributed by atoms with E-state index in [2.05, 4.69) is 27.1 Å². The molecule has 0 radical (unpaired) electrons. The van der Waals surface area contributed by atoms with Gasteiger partial charge in [-0.3, -0.25) is 4.79 Å². The SMILES string of the molecule is C=C(CC)Oc1ccccc1/N=N/c1ccc(NC(=O)[C@H](C)N)nc1N. The molecule has 0 aliphatic rings. The molecule has 1 heterocycles.